The van der Waals surface area contributed by atoms with E-state index < -0.39 is 27.1 Å². The molecule has 0 aliphatic rings. The summed E-state index contributed by atoms with van der Waals surface area (Å²) >= 11 is 0. The smallest absolute Gasteiger partial charge is 0.216 e. The maximum Gasteiger partial charge on any atom is 0.216 e. The van der Waals surface area contributed by atoms with Crippen LogP contribution >= 0.6 is 0 Å². The molecule has 2 atom stereocenters. The van der Waals surface area contributed by atoms with Gasteiger partial charge in [0.15, 0.2) is 0 Å². The molecular weight excluding hydrogens is 279 g/mol. The van der Waals surface area contributed by atoms with Crippen LogP contribution in [0.5, 0.6) is 0 Å². The summed E-state index contributed by atoms with van der Waals surface area (Å²) in [5, 5.41) is 2.50. The van der Waals surface area contributed by atoms with Gasteiger partial charge in [-0.3, -0.25) is 0 Å². The molecule has 0 aliphatic carbocycles. The van der Waals surface area contributed by atoms with E-state index >= 15 is 0 Å². The molecular formula is C14H23FN2O2S. The quantitative estimate of drug-likeness (QED) is 0.812. The summed E-state index contributed by atoms with van der Waals surface area (Å²) in [4.78, 5) is 0. The van der Waals surface area contributed by atoms with Gasteiger partial charge in [0.2, 0.25) is 10.0 Å². The highest BCUT2D eigenvalue weighted by molar-refractivity contribution is 7.90. The van der Waals surface area contributed by atoms with Crippen LogP contribution in [0.3, 0.4) is 0 Å². The van der Waals surface area contributed by atoms with Crippen LogP contribution in [0.2, 0.25) is 0 Å². The molecule has 0 saturated carbocycles. The van der Waals surface area contributed by atoms with E-state index in [0.29, 0.717) is 12.1 Å². The largest absolute Gasteiger partial charge is 0.313 e. The van der Waals surface area contributed by atoms with Gasteiger partial charge in [-0.25, -0.2) is 17.5 Å². The molecule has 0 amide bonds. The lowest BCUT2D eigenvalue weighted by molar-refractivity contribution is 0.525. The molecule has 0 spiro atoms. The third-order valence-corrected chi connectivity index (χ3v) is 4.96. The average molecular weight is 302 g/mol. The lowest BCUT2D eigenvalue weighted by Crippen LogP contribution is -2.41. The van der Waals surface area contributed by atoms with Crippen molar-refractivity contribution < 1.29 is 12.8 Å². The highest BCUT2D eigenvalue weighted by Crippen LogP contribution is 2.17. The molecule has 2 unspecified atom stereocenters. The first kappa shape index (κ1) is 17.1. The number of rotatable bonds is 7. The van der Waals surface area contributed by atoms with Crippen molar-refractivity contribution in [2.75, 3.05) is 6.54 Å². The highest BCUT2D eigenvalue weighted by atomic mass is 32.2. The summed E-state index contributed by atoms with van der Waals surface area (Å²) in [7, 11) is -3.50. The lowest BCUT2D eigenvalue weighted by Gasteiger charge is -2.20. The monoisotopic (exact) mass is 302 g/mol. The second-order valence-corrected chi connectivity index (χ2v) is 7.41. The van der Waals surface area contributed by atoms with Crippen molar-refractivity contribution in [2.24, 2.45) is 0 Å². The van der Waals surface area contributed by atoms with Crippen LogP contribution in [-0.4, -0.2) is 26.3 Å². The third-order valence-electron chi connectivity index (χ3n) is 3.06. The zero-order chi connectivity index (χ0) is 15.3. The Balaban J connectivity index is 2.73. The standard InChI is InChI=1S/C14H23FN2O2S/c1-10(2)16-9-11(3)20(18,19)17-12(4)13-7-5-6-8-14(13)15/h5-8,10-12,16-17H,9H2,1-4H3. The summed E-state index contributed by atoms with van der Waals surface area (Å²) in [5.74, 6) is -0.407. The van der Waals surface area contributed by atoms with E-state index in [1.807, 2.05) is 13.8 Å². The molecule has 4 nitrogen and oxygen atoms in total. The zero-order valence-electron chi connectivity index (χ0n) is 12.4. The van der Waals surface area contributed by atoms with Gasteiger partial charge in [-0.1, -0.05) is 32.0 Å². The van der Waals surface area contributed by atoms with Gasteiger partial charge >= 0.3 is 0 Å². The fraction of sp³-hybridized carbons (Fsp3) is 0.571. The fourth-order valence-electron chi connectivity index (χ4n) is 1.76. The van der Waals surface area contributed by atoms with Crippen LogP contribution in [0.1, 0.15) is 39.3 Å². The van der Waals surface area contributed by atoms with Gasteiger partial charge in [0, 0.05) is 24.2 Å². The molecule has 0 radical (unpaired) electrons. The molecule has 0 saturated heterocycles. The molecule has 1 aromatic rings. The molecule has 1 rings (SSSR count). The number of sulfonamides is 1. The van der Waals surface area contributed by atoms with Crippen LogP contribution < -0.4 is 10.0 Å². The number of hydrogen-bond acceptors (Lipinski definition) is 3. The van der Waals surface area contributed by atoms with Crippen molar-refractivity contribution in [3.63, 3.8) is 0 Å². The predicted molar refractivity (Wildman–Crippen MR) is 79.5 cm³/mol. The first-order valence-electron chi connectivity index (χ1n) is 6.73. The van der Waals surface area contributed by atoms with Gasteiger partial charge in [0.1, 0.15) is 5.82 Å². The number of hydrogen-bond donors (Lipinski definition) is 2. The van der Waals surface area contributed by atoms with E-state index in [9.17, 15) is 12.8 Å². The first-order chi connectivity index (χ1) is 9.24. The summed E-state index contributed by atoms with van der Waals surface area (Å²) in [5.41, 5.74) is 0.347. The number of benzene rings is 1. The minimum Gasteiger partial charge on any atom is -0.313 e. The van der Waals surface area contributed by atoms with Gasteiger partial charge in [-0.2, -0.15) is 0 Å². The molecule has 0 bridgehead atoms. The van der Waals surface area contributed by atoms with Gasteiger partial charge in [-0.05, 0) is 19.9 Å². The van der Waals surface area contributed by atoms with Gasteiger partial charge in [0.05, 0.1) is 5.25 Å². The van der Waals surface area contributed by atoms with E-state index in [0.717, 1.165) is 0 Å². The average Bonchev–Trinajstić information content (AvgIpc) is 2.35. The molecule has 0 aliphatic heterocycles. The van der Waals surface area contributed by atoms with Crippen LogP contribution in [0, 0.1) is 5.82 Å². The molecule has 0 fully saturated rings. The van der Waals surface area contributed by atoms with E-state index in [1.54, 1.807) is 32.0 Å². The predicted octanol–water partition coefficient (Wildman–Crippen LogP) is 2.19. The molecule has 0 aromatic heterocycles. The fourth-order valence-corrected chi connectivity index (χ4v) is 2.93. The normalized spacial score (nSPS) is 15.3. The Kier molecular flexibility index (Phi) is 6.10. The highest BCUT2D eigenvalue weighted by Gasteiger charge is 2.24. The Morgan fingerprint density at radius 1 is 1.15 bits per heavy atom. The molecule has 114 valence electrons. The minimum absolute atomic E-state index is 0.219. The molecule has 6 heteroatoms. The van der Waals surface area contributed by atoms with Crippen LogP contribution in [0.4, 0.5) is 4.39 Å². The van der Waals surface area contributed by atoms with Gasteiger partial charge in [-0.15, -0.1) is 0 Å². The topological polar surface area (TPSA) is 58.2 Å². The molecule has 1 aromatic carbocycles. The Bertz CT molecular complexity index is 532. The molecule has 2 N–H and O–H groups in total. The zero-order valence-corrected chi connectivity index (χ0v) is 13.2. The summed E-state index contributed by atoms with van der Waals surface area (Å²) in [6, 6.07) is 5.80. The van der Waals surface area contributed by atoms with E-state index in [-0.39, 0.29) is 6.04 Å². The van der Waals surface area contributed by atoms with E-state index in [2.05, 4.69) is 10.0 Å². The summed E-state index contributed by atoms with van der Waals surface area (Å²) < 4.78 is 40.5. The number of nitrogens with one attached hydrogen (secondary N) is 2. The minimum atomic E-state index is -3.50. The third kappa shape index (κ3) is 4.85. The Morgan fingerprint density at radius 3 is 2.30 bits per heavy atom. The SMILES string of the molecule is CC(C)NCC(C)S(=O)(=O)NC(C)c1ccccc1F. The van der Waals surface area contributed by atoms with Crippen molar-refractivity contribution >= 4 is 10.0 Å². The van der Waals surface area contributed by atoms with Crippen molar-refractivity contribution in [3.8, 4) is 0 Å². The van der Waals surface area contributed by atoms with Gasteiger partial charge < -0.3 is 5.32 Å². The first-order valence-corrected chi connectivity index (χ1v) is 8.27. The Morgan fingerprint density at radius 2 is 1.75 bits per heavy atom. The summed E-state index contributed by atoms with van der Waals surface area (Å²) in [6.45, 7) is 7.53. The summed E-state index contributed by atoms with van der Waals surface area (Å²) in [6.07, 6.45) is 0. The van der Waals surface area contributed by atoms with Crippen LogP contribution in [-0.2, 0) is 10.0 Å². The van der Waals surface area contributed by atoms with Crippen molar-refractivity contribution in [3.05, 3.63) is 35.6 Å². The maximum atomic E-state index is 13.6. The molecule has 0 heterocycles. The van der Waals surface area contributed by atoms with Crippen molar-refractivity contribution in [1.29, 1.82) is 0 Å². The van der Waals surface area contributed by atoms with Crippen molar-refractivity contribution in [2.45, 2.75) is 45.0 Å². The number of halogens is 1. The molecule has 20 heavy (non-hydrogen) atoms. The second-order valence-electron chi connectivity index (χ2n) is 5.28. The maximum absolute atomic E-state index is 13.6. The van der Waals surface area contributed by atoms with Crippen LogP contribution in [0.15, 0.2) is 24.3 Å². The van der Waals surface area contributed by atoms with Crippen molar-refractivity contribution in [1.82, 2.24) is 10.0 Å². The Labute approximate surface area is 120 Å². The van der Waals surface area contributed by atoms with Gasteiger partial charge in [0.25, 0.3) is 0 Å². The van der Waals surface area contributed by atoms with E-state index in [1.165, 1.54) is 6.07 Å². The lowest BCUT2D eigenvalue weighted by atomic mass is 10.1. The Hall–Kier alpha value is -0.980. The van der Waals surface area contributed by atoms with E-state index in [4.69, 9.17) is 0 Å². The second kappa shape index (κ2) is 7.15. The van der Waals surface area contributed by atoms with Crippen LogP contribution in [0.25, 0.3) is 0 Å².